The minimum atomic E-state index is -3.16. The van der Waals surface area contributed by atoms with Gasteiger partial charge < -0.3 is 9.05 Å². The third-order valence-corrected chi connectivity index (χ3v) is 4.22. The van der Waals surface area contributed by atoms with Crippen LogP contribution >= 0.6 is 7.60 Å². The summed E-state index contributed by atoms with van der Waals surface area (Å²) in [4.78, 5) is 11.7. The van der Waals surface area contributed by atoms with E-state index in [0.717, 1.165) is 0 Å². The molecule has 6 heteroatoms. The number of benzene rings is 1. The Morgan fingerprint density at radius 2 is 1.76 bits per heavy atom. The molecule has 0 spiro atoms. The summed E-state index contributed by atoms with van der Waals surface area (Å²) in [5, 5.41) is 0. The van der Waals surface area contributed by atoms with Gasteiger partial charge in [-0.05, 0) is 24.3 Å². The Morgan fingerprint density at radius 3 is 2.24 bits per heavy atom. The topological polar surface area (TPSA) is 52.6 Å². The van der Waals surface area contributed by atoms with E-state index < -0.39 is 13.4 Å². The largest absolute Gasteiger partial charge is 0.330 e. The van der Waals surface area contributed by atoms with Crippen molar-refractivity contribution in [1.29, 1.82) is 0 Å². The number of Topliss-reactive ketones (excluding diaryl/α,β-unsaturated/α-hetero) is 1. The monoisotopic (exact) mass is 260 g/mol. The highest BCUT2D eigenvalue weighted by molar-refractivity contribution is 7.53. The lowest BCUT2D eigenvalue weighted by Gasteiger charge is -2.12. The number of ketones is 1. The van der Waals surface area contributed by atoms with E-state index >= 15 is 0 Å². The SMILES string of the molecule is COP(=O)(CCC(=O)c1ccc(F)cc1)OC. The molecule has 4 nitrogen and oxygen atoms in total. The van der Waals surface area contributed by atoms with Crippen LogP contribution < -0.4 is 0 Å². The number of carbonyl (C=O) groups is 1. The van der Waals surface area contributed by atoms with Gasteiger partial charge in [0.05, 0.1) is 6.16 Å². The Kier molecular flexibility index (Phi) is 5.00. The van der Waals surface area contributed by atoms with Crippen molar-refractivity contribution in [3.63, 3.8) is 0 Å². The fourth-order valence-corrected chi connectivity index (χ4v) is 2.27. The zero-order chi connectivity index (χ0) is 12.9. The van der Waals surface area contributed by atoms with Crippen molar-refractivity contribution in [2.75, 3.05) is 20.4 Å². The zero-order valence-corrected chi connectivity index (χ0v) is 10.6. The van der Waals surface area contributed by atoms with E-state index in [2.05, 4.69) is 0 Å². The van der Waals surface area contributed by atoms with Gasteiger partial charge in [-0.15, -0.1) is 0 Å². The predicted octanol–water partition coefficient (Wildman–Crippen LogP) is 2.88. The molecule has 1 rings (SSSR count). The number of hydrogen-bond acceptors (Lipinski definition) is 4. The van der Waals surface area contributed by atoms with Crippen LogP contribution in [0.3, 0.4) is 0 Å². The minimum absolute atomic E-state index is 0.0101. The van der Waals surface area contributed by atoms with E-state index in [1.54, 1.807) is 0 Å². The first-order chi connectivity index (χ1) is 8.00. The van der Waals surface area contributed by atoms with Gasteiger partial charge in [0.15, 0.2) is 5.78 Å². The lowest BCUT2D eigenvalue weighted by Crippen LogP contribution is -2.04. The molecule has 0 amide bonds. The van der Waals surface area contributed by atoms with E-state index in [0.29, 0.717) is 5.56 Å². The van der Waals surface area contributed by atoms with Crippen molar-refractivity contribution < 1.29 is 22.8 Å². The molecule has 1 aromatic carbocycles. The molecule has 0 aliphatic carbocycles. The molecule has 0 heterocycles. The molecule has 0 saturated carbocycles. The van der Waals surface area contributed by atoms with Crippen LogP contribution in [0.2, 0.25) is 0 Å². The first-order valence-corrected chi connectivity index (χ1v) is 6.73. The van der Waals surface area contributed by atoms with Crippen LogP contribution in [0.5, 0.6) is 0 Å². The summed E-state index contributed by atoms with van der Waals surface area (Å²) in [5.41, 5.74) is 0.380. The van der Waals surface area contributed by atoms with Crippen molar-refractivity contribution in [3.05, 3.63) is 35.6 Å². The second kappa shape index (κ2) is 6.05. The van der Waals surface area contributed by atoms with Gasteiger partial charge in [-0.1, -0.05) is 0 Å². The summed E-state index contributed by atoms with van der Waals surface area (Å²) < 4.78 is 33.7. The fraction of sp³-hybridized carbons (Fsp3) is 0.364. The smallest absolute Gasteiger partial charge is 0.312 e. The lowest BCUT2D eigenvalue weighted by atomic mass is 10.1. The number of carbonyl (C=O) groups excluding carboxylic acids is 1. The molecule has 94 valence electrons. The number of hydrogen-bond donors (Lipinski definition) is 0. The Balaban J connectivity index is 2.61. The molecule has 1 aromatic rings. The molecule has 0 N–H and O–H groups in total. The Labute approximate surface area is 99.3 Å². The molecule has 0 fully saturated rings. The highest BCUT2D eigenvalue weighted by Gasteiger charge is 2.22. The third kappa shape index (κ3) is 4.04. The molecular weight excluding hydrogens is 246 g/mol. The summed E-state index contributed by atoms with van der Waals surface area (Å²) in [7, 11) is -0.619. The average molecular weight is 260 g/mol. The Bertz CT molecular complexity index is 422. The Hall–Kier alpha value is -1.03. The second-order valence-corrected chi connectivity index (χ2v) is 5.78. The van der Waals surface area contributed by atoms with Crippen molar-refractivity contribution in [2.45, 2.75) is 6.42 Å². The highest BCUT2D eigenvalue weighted by Crippen LogP contribution is 2.46. The molecule has 0 saturated heterocycles. The molecule has 17 heavy (non-hydrogen) atoms. The molecule has 0 aliphatic rings. The van der Waals surface area contributed by atoms with Crippen LogP contribution in [0.15, 0.2) is 24.3 Å². The van der Waals surface area contributed by atoms with E-state index in [-0.39, 0.29) is 18.4 Å². The lowest BCUT2D eigenvalue weighted by molar-refractivity contribution is 0.0986. The van der Waals surface area contributed by atoms with Gasteiger partial charge in [0.1, 0.15) is 5.82 Å². The Morgan fingerprint density at radius 1 is 1.24 bits per heavy atom. The van der Waals surface area contributed by atoms with Gasteiger partial charge in [0.25, 0.3) is 0 Å². The third-order valence-electron chi connectivity index (χ3n) is 2.34. The maximum atomic E-state index is 12.6. The maximum Gasteiger partial charge on any atom is 0.330 e. The summed E-state index contributed by atoms with van der Waals surface area (Å²) >= 11 is 0. The molecular formula is C11H14FO4P. The number of halogens is 1. The molecule has 0 atom stereocenters. The van der Waals surface area contributed by atoms with Gasteiger partial charge in [-0.3, -0.25) is 9.36 Å². The van der Waals surface area contributed by atoms with Crippen molar-refractivity contribution in [1.82, 2.24) is 0 Å². The maximum absolute atomic E-state index is 12.6. The van der Waals surface area contributed by atoms with Crippen LogP contribution in [-0.4, -0.2) is 26.2 Å². The van der Waals surface area contributed by atoms with Crippen LogP contribution in [-0.2, 0) is 13.6 Å². The molecule has 0 bridgehead atoms. The molecule has 0 radical (unpaired) electrons. The van der Waals surface area contributed by atoms with Gasteiger partial charge in [-0.25, -0.2) is 4.39 Å². The summed E-state index contributed by atoms with van der Waals surface area (Å²) in [6.45, 7) is 0. The first kappa shape index (κ1) is 14.0. The molecule has 0 aromatic heterocycles. The first-order valence-electron chi connectivity index (χ1n) is 5.00. The summed E-state index contributed by atoms with van der Waals surface area (Å²) in [6.07, 6.45) is 0.0425. The zero-order valence-electron chi connectivity index (χ0n) is 9.68. The second-order valence-electron chi connectivity index (χ2n) is 3.38. The van der Waals surface area contributed by atoms with Crippen molar-refractivity contribution in [3.8, 4) is 0 Å². The van der Waals surface area contributed by atoms with Crippen molar-refractivity contribution >= 4 is 13.4 Å². The van der Waals surface area contributed by atoms with Crippen LogP contribution in [0.25, 0.3) is 0 Å². The van der Waals surface area contributed by atoms with E-state index in [4.69, 9.17) is 9.05 Å². The van der Waals surface area contributed by atoms with Crippen LogP contribution in [0.4, 0.5) is 4.39 Å². The normalized spacial score (nSPS) is 11.5. The molecule has 0 unspecified atom stereocenters. The highest BCUT2D eigenvalue weighted by atomic mass is 31.2. The summed E-state index contributed by atoms with van der Waals surface area (Å²) in [6, 6.07) is 5.20. The van der Waals surface area contributed by atoms with Crippen LogP contribution in [0, 0.1) is 5.82 Å². The van der Waals surface area contributed by atoms with Gasteiger partial charge in [0.2, 0.25) is 0 Å². The van der Waals surface area contributed by atoms with E-state index in [1.165, 1.54) is 38.5 Å². The van der Waals surface area contributed by atoms with Gasteiger partial charge in [0, 0.05) is 26.2 Å². The number of rotatable bonds is 6. The van der Waals surface area contributed by atoms with Crippen molar-refractivity contribution in [2.24, 2.45) is 0 Å². The predicted molar refractivity (Wildman–Crippen MR) is 61.8 cm³/mol. The summed E-state index contributed by atoms with van der Waals surface area (Å²) in [5.74, 6) is -0.625. The minimum Gasteiger partial charge on any atom is -0.312 e. The van der Waals surface area contributed by atoms with Gasteiger partial charge >= 0.3 is 7.60 Å². The molecule has 0 aliphatic heterocycles. The standard InChI is InChI=1S/C11H14FO4P/c1-15-17(14,16-2)8-7-11(13)9-3-5-10(12)6-4-9/h3-6H,7-8H2,1-2H3. The van der Waals surface area contributed by atoms with E-state index in [1.807, 2.05) is 0 Å². The van der Waals surface area contributed by atoms with Gasteiger partial charge in [-0.2, -0.15) is 0 Å². The fourth-order valence-electron chi connectivity index (χ4n) is 1.28. The average Bonchev–Trinajstić information content (AvgIpc) is 2.36. The van der Waals surface area contributed by atoms with Crippen LogP contribution in [0.1, 0.15) is 16.8 Å². The quantitative estimate of drug-likeness (QED) is 0.583. The van der Waals surface area contributed by atoms with E-state index in [9.17, 15) is 13.8 Å².